The first kappa shape index (κ1) is 18.3. The van der Waals surface area contributed by atoms with Crippen molar-refractivity contribution in [1.29, 1.82) is 0 Å². The van der Waals surface area contributed by atoms with Gasteiger partial charge in [-0.3, -0.25) is 0 Å². The Hall–Kier alpha value is -2.45. The number of carbonyl (C=O) groups is 1. The van der Waals surface area contributed by atoms with Crippen LogP contribution in [0.1, 0.15) is 38.1 Å². The Bertz CT molecular complexity index is 821. The van der Waals surface area contributed by atoms with Gasteiger partial charge < -0.3 is 19.8 Å². The number of hydrogen-bond donors (Lipinski definition) is 1. The normalized spacial score (nSPS) is 18.0. The number of carbonyl (C=O) groups excluding carboxylic acids is 1. The van der Waals surface area contributed by atoms with Gasteiger partial charge in [-0.05, 0) is 33.2 Å². The molecule has 0 amide bonds. The minimum Gasteiger partial charge on any atom is -0.465 e. The molecule has 1 aliphatic rings. The number of nitrogens with two attached hydrogens (primary N) is 1. The molecule has 2 heterocycles. The minimum atomic E-state index is -0.518. The number of nitrogen functional groups attached to an aromatic ring is 1. The molecular formula is C18H22BN3O4. The summed E-state index contributed by atoms with van der Waals surface area (Å²) in [6.07, 6.45) is 1.37. The highest BCUT2D eigenvalue weighted by Crippen LogP contribution is 2.36. The number of ether oxygens (including phenoxy) is 1. The molecule has 0 unspecified atom stereocenters. The van der Waals surface area contributed by atoms with E-state index in [2.05, 4.69) is 9.97 Å². The second kappa shape index (κ2) is 6.37. The van der Waals surface area contributed by atoms with E-state index in [1.165, 1.54) is 13.3 Å². The van der Waals surface area contributed by atoms with Gasteiger partial charge in [-0.1, -0.05) is 24.3 Å². The SMILES string of the molecule is COC(=O)c1cnc(N)nc1-c1ccc(B2OC(C)(C)C(C)(C)O2)cc1. The summed E-state index contributed by atoms with van der Waals surface area (Å²) in [6, 6.07) is 7.46. The van der Waals surface area contributed by atoms with Crippen molar-refractivity contribution in [2.75, 3.05) is 12.8 Å². The van der Waals surface area contributed by atoms with Crippen LogP contribution in [-0.4, -0.2) is 41.4 Å². The molecule has 1 fully saturated rings. The molecule has 0 spiro atoms. The van der Waals surface area contributed by atoms with Crippen molar-refractivity contribution >= 4 is 24.5 Å². The molecule has 26 heavy (non-hydrogen) atoms. The van der Waals surface area contributed by atoms with E-state index in [-0.39, 0.29) is 11.5 Å². The van der Waals surface area contributed by atoms with Gasteiger partial charge in [0.25, 0.3) is 0 Å². The summed E-state index contributed by atoms with van der Waals surface area (Å²) in [5.74, 6) is -0.433. The molecule has 0 saturated carbocycles. The molecule has 2 aromatic rings. The molecule has 1 aliphatic heterocycles. The summed E-state index contributed by atoms with van der Waals surface area (Å²) >= 11 is 0. The lowest BCUT2D eigenvalue weighted by molar-refractivity contribution is 0.00578. The number of benzene rings is 1. The molecular weight excluding hydrogens is 333 g/mol. The van der Waals surface area contributed by atoms with E-state index in [0.717, 1.165) is 11.0 Å². The summed E-state index contributed by atoms with van der Waals surface area (Å²) in [7, 11) is 0.855. The van der Waals surface area contributed by atoms with Crippen molar-refractivity contribution in [3.8, 4) is 11.3 Å². The number of nitrogens with zero attached hydrogens (tertiary/aromatic N) is 2. The second-order valence-corrected chi connectivity index (χ2v) is 7.19. The van der Waals surface area contributed by atoms with Crippen molar-refractivity contribution < 1.29 is 18.8 Å². The fourth-order valence-electron chi connectivity index (χ4n) is 2.65. The van der Waals surface area contributed by atoms with Crippen LogP contribution >= 0.6 is 0 Å². The predicted octanol–water partition coefficient (Wildman–Crippen LogP) is 1.81. The Morgan fingerprint density at radius 2 is 1.69 bits per heavy atom. The van der Waals surface area contributed by atoms with E-state index < -0.39 is 24.3 Å². The first-order valence-electron chi connectivity index (χ1n) is 8.31. The number of esters is 1. The van der Waals surface area contributed by atoms with E-state index >= 15 is 0 Å². The largest absolute Gasteiger partial charge is 0.494 e. The smallest absolute Gasteiger partial charge is 0.465 e. The van der Waals surface area contributed by atoms with Gasteiger partial charge >= 0.3 is 13.1 Å². The van der Waals surface area contributed by atoms with Crippen molar-refractivity contribution in [3.63, 3.8) is 0 Å². The minimum absolute atomic E-state index is 0.0858. The Labute approximate surface area is 153 Å². The third-order valence-corrected chi connectivity index (χ3v) is 4.92. The maximum absolute atomic E-state index is 12.0. The highest BCUT2D eigenvalue weighted by molar-refractivity contribution is 6.62. The summed E-state index contributed by atoms with van der Waals surface area (Å²) in [4.78, 5) is 20.0. The molecule has 0 aliphatic carbocycles. The van der Waals surface area contributed by atoms with E-state index in [1.807, 2.05) is 52.0 Å². The molecule has 136 valence electrons. The molecule has 1 aromatic heterocycles. The number of rotatable bonds is 3. The molecule has 1 saturated heterocycles. The van der Waals surface area contributed by atoms with Gasteiger partial charge in [0.2, 0.25) is 5.95 Å². The van der Waals surface area contributed by atoms with E-state index in [1.54, 1.807) is 0 Å². The third-order valence-electron chi connectivity index (χ3n) is 4.92. The van der Waals surface area contributed by atoms with Crippen LogP contribution in [0.15, 0.2) is 30.5 Å². The third kappa shape index (κ3) is 3.18. The molecule has 0 radical (unpaired) electrons. The standard InChI is InChI=1S/C18H22BN3O4/c1-17(2)18(3,4)26-19(25-17)12-8-6-11(7-9-12)14-13(15(23)24-5)10-21-16(20)22-14/h6-10H,1-5H3,(H2,20,21,22). The molecule has 0 bridgehead atoms. The van der Waals surface area contributed by atoms with Crippen molar-refractivity contribution in [2.24, 2.45) is 0 Å². The van der Waals surface area contributed by atoms with Gasteiger partial charge in [-0.25, -0.2) is 14.8 Å². The number of hydrogen-bond acceptors (Lipinski definition) is 7. The molecule has 8 heteroatoms. The fourth-order valence-corrected chi connectivity index (χ4v) is 2.65. The van der Waals surface area contributed by atoms with Crippen LogP contribution in [0.2, 0.25) is 0 Å². The van der Waals surface area contributed by atoms with Gasteiger partial charge in [0.1, 0.15) is 5.56 Å². The van der Waals surface area contributed by atoms with E-state index in [0.29, 0.717) is 5.69 Å². The molecule has 7 nitrogen and oxygen atoms in total. The average molecular weight is 355 g/mol. The van der Waals surface area contributed by atoms with Gasteiger partial charge in [-0.2, -0.15) is 0 Å². The summed E-state index contributed by atoms with van der Waals surface area (Å²) in [5, 5.41) is 0. The van der Waals surface area contributed by atoms with Gasteiger partial charge in [-0.15, -0.1) is 0 Å². The summed E-state index contributed by atoms with van der Waals surface area (Å²) in [6.45, 7) is 8.03. The molecule has 3 rings (SSSR count). The lowest BCUT2D eigenvalue weighted by Crippen LogP contribution is -2.41. The van der Waals surface area contributed by atoms with Crippen LogP contribution in [0.5, 0.6) is 0 Å². The zero-order valence-electron chi connectivity index (χ0n) is 15.6. The van der Waals surface area contributed by atoms with Crippen LogP contribution in [0.3, 0.4) is 0 Å². The van der Waals surface area contributed by atoms with Crippen LogP contribution in [0.4, 0.5) is 5.95 Å². The van der Waals surface area contributed by atoms with Crippen LogP contribution < -0.4 is 11.2 Å². The highest BCUT2D eigenvalue weighted by atomic mass is 16.7. The Morgan fingerprint density at radius 3 is 2.23 bits per heavy atom. The zero-order valence-corrected chi connectivity index (χ0v) is 15.6. The number of aromatic nitrogens is 2. The van der Waals surface area contributed by atoms with Crippen LogP contribution in [-0.2, 0) is 14.0 Å². The lowest BCUT2D eigenvalue weighted by atomic mass is 9.78. The Kier molecular flexibility index (Phi) is 4.50. The number of methoxy groups -OCH3 is 1. The van der Waals surface area contributed by atoms with Crippen LogP contribution in [0, 0.1) is 0 Å². The lowest BCUT2D eigenvalue weighted by Gasteiger charge is -2.32. The topological polar surface area (TPSA) is 96.6 Å². The fraction of sp³-hybridized carbons (Fsp3) is 0.389. The van der Waals surface area contributed by atoms with Gasteiger partial charge in [0, 0.05) is 11.8 Å². The maximum Gasteiger partial charge on any atom is 0.494 e. The average Bonchev–Trinajstić information content (AvgIpc) is 2.82. The summed E-state index contributed by atoms with van der Waals surface area (Å²) < 4.78 is 16.9. The van der Waals surface area contributed by atoms with E-state index in [9.17, 15) is 4.79 Å². The Balaban J connectivity index is 1.92. The molecule has 0 atom stereocenters. The highest BCUT2D eigenvalue weighted by Gasteiger charge is 2.51. The number of anilines is 1. The quantitative estimate of drug-likeness (QED) is 0.662. The van der Waals surface area contributed by atoms with Crippen molar-refractivity contribution in [3.05, 3.63) is 36.0 Å². The summed E-state index contributed by atoms with van der Waals surface area (Å²) in [5.41, 5.74) is 7.15. The first-order chi connectivity index (χ1) is 12.1. The van der Waals surface area contributed by atoms with Crippen molar-refractivity contribution in [2.45, 2.75) is 38.9 Å². The zero-order chi connectivity index (χ0) is 19.1. The Morgan fingerprint density at radius 1 is 1.12 bits per heavy atom. The van der Waals surface area contributed by atoms with Gasteiger partial charge in [0.05, 0.1) is 24.0 Å². The predicted molar refractivity (Wildman–Crippen MR) is 98.9 cm³/mol. The molecule has 2 N–H and O–H groups in total. The van der Waals surface area contributed by atoms with E-state index in [4.69, 9.17) is 19.8 Å². The van der Waals surface area contributed by atoms with Crippen LogP contribution in [0.25, 0.3) is 11.3 Å². The first-order valence-corrected chi connectivity index (χ1v) is 8.31. The van der Waals surface area contributed by atoms with Crippen molar-refractivity contribution in [1.82, 2.24) is 9.97 Å². The second-order valence-electron chi connectivity index (χ2n) is 7.19. The molecule has 1 aromatic carbocycles. The monoisotopic (exact) mass is 355 g/mol. The van der Waals surface area contributed by atoms with Gasteiger partial charge in [0.15, 0.2) is 0 Å². The maximum atomic E-state index is 12.0.